The third-order valence-electron chi connectivity index (χ3n) is 2.14. The molecule has 15 heavy (non-hydrogen) atoms. The van der Waals surface area contributed by atoms with Crippen molar-refractivity contribution < 1.29 is 0 Å². The standard InChI is InChI=1S/C11H13IN2Se/c1-8-2-4-10(5-3-8)14-11-13-6-9(12)7-15-11/h2-5,9H,6-7H2,1H3,(H,13,14). The first-order valence-electron chi connectivity index (χ1n) is 4.89. The van der Waals surface area contributed by atoms with E-state index in [9.17, 15) is 0 Å². The quantitative estimate of drug-likeness (QED) is 0.453. The van der Waals surface area contributed by atoms with E-state index in [1.807, 2.05) is 0 Å². The van der Waals surface area contributed by atoms with Gasteiger partial charge in [-0.15, -0.1) is 0 Å². The number of anilines is 1. The van der Waals surface area contributed by atoms with Crippen molar-refractivity contribution in [2.24, 2.45) is 4.99 Å². The summed E-state index contributed by atoms with van der Waals surface area (Å²) in [6.07, 6.45) is 0. The van der Waals surface area contributed by atoms with Gasteiger partial charge in [0, 0.05) is 0 Å². The molecule has 0 aliphatic carbocycles. The normalized spacial score (nSPS) is 20.9. The fourth-order valence-electron chi connectivity index (χ4n) is 1.29. The number of hydrogen-bond donors (Lipinski definition) is 1. The van der Waals surface area contributed by atoms with Crippen LogP contribution in [0.5, 0.6) is 0 Å². The SMILES string of the molecule is Cc1ccc(NC2=NCC(I)C[Se]2)cc1. The first-order valence-corrected chi connectivity index (χ1v) is 8.20. The molecular formula is C11H13IN2Se. The molecule has 1 aliphatic rings. The molecule has 0 saturated carbocycles. The van der Waals surface area contributed by atoms with Crippen molar-refractivity contribution >= 4 is 48.0 Å². The van der Waals surface area contributed by atoms with E-state index in [2.05, 4.69) is 64.1 Å². The number of alkyl halides is 1. The van der Waals surface area contributed by atoms with Crippen molar-refractivity contribution in [1.29, 1.82) is 0 Å². The molecule has 1 unspecified atom stereocenters. The van der Waals surface area contributed by atoms with Crippen LogP contribution in [0.4, 0.5) is 5.69 Å². The second kappa shape index (κ2) is 5.32. The predicted molar refractivity (Wildman–Crippen MR) is 75.5 cm³/mol. The first-order chi connectivity index (χ1) is 7.24. The second-order valence-electron chi connectivity index (χ2n) is 3.55. The van der Waals surface area contributed by atoms with Gasteiger partial charge < -0.3 is 0 Å². The average molecular weight is 379 g/mol. The number of amidine groups is 1. The second-order valence-corrected chi connectivity index (χ2v) is 7.42. The molecule has 1 N–H and O–H groups in total. The van der Waals surface area contributed by atoms with E-state index in [-0.39, 0.29) is 0 Å². The van der Waals surface area contributed by atoms with Crippen molar-refractivity contribution in [2.75, 3.05) is 11.9 Å². The van der Waals surface area contributed by atoms with E-state index < -0.39 is 0 Å². The zero-order chi connectivity index (χ0) is 10.7. The molecule has 1 aromatic rings. The summed E-state index contributed by atoms with van der Waals surface area (Å²) in [7, 11) is 0. The molecule has 2 nitrogen and oxygen atoms in total. The van der Waals surface area contributed by atoms with Crippen LogP contribution in [-0.2, 0) is 0 Å². The number of hydrogen-bond acceptors (Lipinski definition) is 2. The van der Waals surface area contributed by atoms with Crippen LogP contribution in [0, 0.1) is 6.92 Å². The summed E-state index contributed by atoms with van der Waals surface area (Å²) in [4.78, 5) is 4.55. The zero-order valence-electron chi connectivity index (χ0n) is 8.53. The molecule has 0 radical (unpaired) electrons. The number of benzene rings is 1. The summed E-state index contributed by atoms with van der Waals surface area (Å²) in [6, 6.07) is 8.48. The number of rotatable bonds is 1. The topological polar surface area (TPSA) is 24.4 Å². The van der Waals surface area contributed by atoms with Gasteiger partial charge >= 0.3 is 111 Å². The third-order valence-corrected chi connectivity index (χ3v) is 6.57. The number of nitrogens with zero attached hydrogens (tertiary/aromatic N) is 1. The summed E-state index contributed by atoms with van der Waals surface area (Å²) >= 11 is 3.01. The van der Waals surface area contributed by atoms with Crippen molar-refractivity contribution in [3.8, 4) is 0 Å². The molecule has 0 bridgehead atoms. The molecule has 1 aliphatic heterocycles. The molecule has 0 spiro atoms. The number of aliphatic imine (C=N–C) groups is 1. The molecule has 2 rings (SSSR count). The van der Waals surface area contributed by atoms with Gasteiger partial charge in [0.05, 0.1) is 0 Å². The van der Waals surface area contributed by atoms with Crippen LogP contribution in [0.25, 0.3) is 0 Å². The Balaban J connectivity index is 2.00. The van der Waals surface area contributed by atoms with Gasteiger partial charge in [-0.2, -0.15) is 0 Å². The summed E-state index contributed by atoms with van der Waals surface area (Å²) < 4.78 is 1.94. The Labute approximate surface area is 110 Å². The van der Waals surface area contributed by atoms with Crippen LogP contribution in [0.3, 0.4) is 0 Å². The van der Waals surface area contributed by atoms with Crippen LogP contribution in [0.1, 0.15) is 5.56 Å². The van der Waals surface area contributed by atoms with Crippen molar-refractivity contribution in [3.63, 3.8) is 0 Å². The van der Waals surface area contributed by atoms with Gasteiger partial charge in [-0.3, -0.25) is 0 Å². The molecule has 4 heteroatoms. The summed E-state index contributed by atoms with van der Waals surface area (Å²) in [5.41, 5.74) is 2.46. The van der Waals surface area contributed by atoms with E-state index in [0.717, 1.165) is 16.2 Å². The van der Waals surface area contributed by atoms with Crippen molar-refractivity contribution in [3.05, 3.63) is 29.8 Å². The third kappa shape index (κ3) is 3.47. The van der Waals surface area contributed by atoms with Crippen LogP contribution >= 0.6 is 22.6 Å². The van der Waals surface area contributed by atoms with Crippen molar-refractivity contribution in [1.82, 2.24) is 0 Å². The van der Waals surface area contributed by atoms with Gasteiger partial charge in [-0.25, -0.2) is 0 Å². The zero-order valence-corrected chi connectivity index (χ0v) is 12.4. The van der Waals surface area contributed by atoms with Gasteiger partial charge in [0.15, 0.2) is 0 Å². The minimum absolute atomic E-state index is 0.523. The molecule has 1 aromatic carbocycles. The van der Waals surface area contributed by atoms with E-state index in [1.54, 1.807) is 0 Å². The van der Waals surface area contributed by atoms with E-state index in [0.29, 0.717) is 15.0 Å². The fraction of sp³-hybridized carbons (Fsp3) is 0.364. The maximum atomic E-state index is 4.55. The van der Waals surface area contributed by atoms with Crippen LogP contribution in [0.15, 0.2) is 29.3 Å². The van der Waals surface area contributed by atoms with Crippen LogP contribution in [0.2, 0.25) is 5.32 Å². The van der Waals surface area contributed by atoms with Gasteiger partial charge in [-0.05, 0) is 0 Å². The molecule has 1 heterocycles. The first kappa shape index (κ1) is 11.4. The minimum atomic E-state index is 0.523. The van der Waals surface area contributed by atoms with Gasteiger partial charge in [-0.1, -0.05) is 0 Å². The Hall–Kier alpha value is -0.0605. The van der Waals surface area contributed by atoms with Gasteiger partial charge in [0.25, 0.3) is 0 Å². The molecule has 0 saturated heterocycles. The summed E-state index contributed by atoms with van der Waals surface area (Å²) in [5, 5.41) is 4.70. The number of halogens is 1. The fourth-order valence-corrected chi connectivity index (χ4v) is 4.10. The van der Waals surface area contributed by atoms with E-state index in [4.69, 9.17) is 0 Å². The summed E-state index contributed by atoms with van der Waals surface area (Å²) in [5.74, 6) is 0. The maximum absolute atomic E-state index is 4.55. The number of nitrogens with one attached hydrogen (secondary N) is 1. The Morgan fingerprint density at radius 2 is 2.13 bits per heavy atom. The number of aryl methyl sites for hydroxylation is 1. The predicted octanol–water partition coefficient (Wildman–Crippen LogP) is 2.70. The Kier molecular flexibility index (Phi) is 4.05. The molecular weight excluding hydrogens is 366 g/mol. The Morgan fingerprint density at radius 3 is 2.73 bits per heavy atom. The summed E-state index contributed by atoms with van der Waals surface area (Å²) in [6.45, 7) is 3.07. The van der Waals surface area contributed by atoms with Crippen LogP contribution in [-0.4, -0.2) is 30.2 Å². The van der Waals surface area contributed by atoms with Gasteiger partial charge in [0.2, 0.25) is 0 Å². The average Bonchev–Trinajstić information content (AvgIpc) is 2.25. The van der Waals surface area contributed by atoms with E-state index in [1.165, 1.54) is 15.6 Å². The van der Waals surface area contributed by atoms with Crippen LogP contribution < -0.4 is 5.32 Å². The monoisotopic (exact) mass is 380 g/mol. The molecule has 0 amide bonds. The molecule has 1 atom stereocenters. The molecule has 80 valence electrons. The van der Waals surface area contributed by atoms with Crippen molar-refractivity contribution in [2.45, 2.75) is 16.2 Å². The van der Waals surface area contributed by atoms with Gasteiger partial charge in [0.1, 0.15) is 0 Å². The Bertz CT molecular complexity index is 361. The molecule has 0 aromatic heterocycles. The Morgan fingerprint density at radius 1 is 1.40 bits per heavy atom. The van der Waals surface area contributed by atoms with E-state index >= 15 is 0 Å². The molecule has 0 fully saturated rings.